The van der Waals surface area contributed by atoms with Crippen LogP contribution in [0.2, 0.25) is 0 Å². The van der Waals surface area contributed by atoms with Crippen LogP contribution >= 0.6 is 0 Å². The van der Waals surface area contributed by atoms with Crippen LogP contribution in [-0.2, 0) is 48.1 Å². The van der Waals surface area contributed by atoms with E-state index in [0.717, 1.165) is 7.11 Å². The third-order valence-electron chi connectivity index (χ3n) is 4.63. The van der Waals surface area contributed by atoms with Gasteiger partial charge in [0.05, 0.1) is 13.2 Å². The minimum atomic E-state index is -5.23. The van der Waals surface area contributed by atoms with E-state index < -0.39 is 95.4 Å². The predicted octanol–water partition coefficient (Wildman–Crippen LogP) is -5.09. The number of hydrogen-bond acceptors (Lipinski definition) is 15. The van der Waals surface area contributed by atoms with E-state index in [-0.39, 0.29) is 0 Å². The van der Waals surface area contributed by atoms with E-state index in [2.05, 4.69) is 8.37 Å². The van der Waals surface area contributed by atoms with E-state index in [0.29, 0.717) is 0 Å². The van der Waals surface area contributed by atoms with Crippen molar-refractivity contribution in [2.24, 2.45) is 0 Å². The molecule has 7 N–H and O–H groups in total. The molecule has 0 unspecified atom stereocenters. The van der Waals surface area contributed by atoms with Gasteiger partial charge in [0, 0.05) is 7.11 Å². The molecule has 2 aliphatic rings. The maximum atomic E-state index is 11.2. The summed E-state index contributed by atoms with van der Waals surface area (Å²) in [7, 11) is -9.12. The highest BCUT2D eigenvalue weighted by Crippen LogP contribution is 2.31. The highest BCUT2D eigenvalue weighted by atomic mass is 32.3. The molecule has 19 heteroatoms. The molecule has 2 fully saturated rings. The summed E-state index contributed by atoms with van der Waals surface area (Å²) in [5.41, 5.74) is 0. The van der Waals surface area contributed by atoms with Crippen LogP contribution in [0.1, 0.15) is 0 Å². The van der Waals surface area contributed by atoms with Gasteiger partial charge in [-0.2, -0.15) is 16.8 Å². The Balaban J connectivity index is 2.30. The minimum Gasteiger partial charge on any atom is -0.394 e. The number of hydrogen-bond donors (Lipinski definition) is 7. The van der Waals surface area contributed by atoms with Crippen LogP contribution in [0.4, 0.5) is 0 Å². The van der Waals surface area contributed by atoms with Crippen molar-refractivity contribution >= 4 is 20.8 Å². The second-order valence-electron chi connectivity index (χ2n) is 6.76. The van der Waals surface area contributed by atoms with Gasteiger partial charge in [-0.05, 0) is 0 Å². The molecule has 10 atom stereocenters. The summed E-state index contributed by atoms with van der Waals surface area (Å²) in [5.74, 6) is 0. The Labute approximate surface area is 181 Å². The topological polar surface area (TPSA) is 265 Å². The highest BCUT2D eigenvalue weighted by Gasteiger charge is 2.52. The maximum absolute atomic E-state index is 11.2. The molecule has 2 rings (SSSR count). The molecule has 0 radical (unpaired) electrons. The van der Waals surface area contributed by atoms with Crippen molar-refractivity contribution in [3.63, 3.8) is 0 Å². The third kappa shape index (κ3) is 6.94. The van der Waals surface area contributed by atoms with Gasteiger partial charge >= 0.3 is 20.8 Å². The molecule has 2 aliphatic heterocycles. The van der Waals surface area contributed by atoms with E-state index in [1.165, 1.54) is 0 Å². The lowest BCUT2D eigenvalue weighted by atomic mass is 9.97. The molecule has 32 heavy (non-hydrogen) atoms. The monoisotopic (exact) mass is 516 g/mol. The van der Waals surface area contributed by atoms with Gasteiger partial charge in [0.15, 0.2) is 12.6 Å². The highest BCUT2D eigenvalue weighted by molar-refractivity contribution is 7.81. The van der Waals surface area contributed by atoms with Crippen molar-refractivity contribution in [1.29, 1.82) is 0 Å². The minimum absolute atomic E-state index is 0.936. The van der Waals surface area contributed by atoms with Gasteiger partial charge in [-0.3, -0.25) is 9.11 Å². The molecule has 190 valence electrons. The predicted molar refractivity (Wildman–Crippen MR) is 94.2 cm³/mol. The first-order chi connectivity index (χ1) is 14.7. The molecule has 0 amide bonds. The standard InChI is InChI=1S/C13H24O17S2/c1-25-10-6(15)5(3-26-31(19,20)21)28-13(8(10)17)29-9-4(2-14)27-12(18)7(16)11(9)30-32(22,23)24/h4-18H,2-3H2,1H3,(H,19,20,21)(H,22,23,24)/t4-,5+,6-,7-,8+,9+,10-,11-,12+,13-/m0/s1. The molecule has 0 aromatic rings. The van der Waals surface area contributed by atoms with Crippen LogP contribution < -0.4 is 0 Å². The summed E-state index contributed by atoms with van der Waals surface area (Å²) in [6.45, 7) is -1.91. The molecule has 2 heterocycles. The fourth-order valence-corrected chi connectivity index (χ4v) is 4.02. The summed E-state index contributed by atoms with van der Waals surface area (Å²) >= 11 is 0. The quantitative estimate of drug-likeness (QED) is 0.141. The number of methoxy groups -OCH3 is 1. The fourth-order valence-electron chi connectivity index (χ4n) is 3.21. The Hall–Kier alpha value is -0.620. The van der Waals surface area contributed by atoms with Gasteiger partial charge in [0.1, 0.15) is 48.8 Å². The summed E-state index contributed by atoms with van der Waals surface area (Å²) in [6.07, 6.45) is -18.2. The number of aliphatic hydroxyl groups is 5. The van der Waals surface area contributed by atoms with Crippen LogP contribution in [0.3, 0.4) is 0 Å². The summed E-state index contributed by atoms with van der Waals surface area (Å²) < 4.78 is 90.5. The van der Waals surface area contributed by atoms with Crippen LogP contribution in [0.25, 0.3) is 0 Å². The summed E-state index contributed by atoms with van der Waals surface area (Å²) in [4.78, 5) is 0. The molecule has 0 aromatic carbocycles. The second-order valence-corrected chi connectivity index (χ2v) is 8.90. The average Bonchev–Trinajstić information content (AvgIpc) is 2.67. The summed E-state index contributed by atoms with van der Waals surface area (Å²) in [5, 5.41) is 49.8. The largest absolute Gasteiger partial charge is 0.397 e. The molecule has 2 saturated heterocycles. The van der Waals surface area contributed by atoms with Gasteiger partial charge in [-0.1, -0.05) is 0 Å². The number of rotatable bonds is 9. The van der Waals surface area contributed by atoms with Crippen molar-refractivity contribution < 1.29 is 78.8 Å². The number of ether oxygens (including phenoxy) is 4. The van der Waals surface area contributed by atoms with E-state index in [4.69, 9.17) is 28.1 Å². The summed E-state index contributed by atoms with van der Waals surface area (Å²) in [6, 6.07) is 0. The lowest BCUT2D eigenvalue weighted by Gasteiger charge is -2.46. The molecule has 0 bridgehead atoms. The Morgan fingerprint density at radius 3 is 1.94 bits per heavy atom. The van der Waals surface area contributed by atoms with E-state index >= 15 is 0 Å². The van der Waals surface area contributed by atoms with Gasteiger partial charge < -0.3 is 44.5 Å². The first-order valence-electron chi connectivity index (χ1n) is 8.78. The molecular weight excluding hydrogens is 492 g/mol. The van der Waals surface area contributed by atoms with Crippen molar-refractivity contribution in [1.82, 2.24) is 0 Å². The Morgan fingerprint density at radius 1 is 0.812 bits per heavy atom. The third-order valence-corrected chi connectivity index (χ3v) is 5.53. The lowest BCUT2D eigenvalue weighted by Crippen LogP contribution is -2.65. The zero-order valence-electron chi connectivity index (χ0n) is 16.2. The van der Waals surface area contributed by atoms with Crippen molar-refractivity contribution in [2.45, 2.75) is 61.4 Å². The van der Waals surface area contributed by atoms with Gasteiger partial charge in [0.25, 0.3) is 0 Å². The SMILES string of the molecule is CO[C@H]1[C@@H](O)[C@@H](COS(=O)(=O)O)O[C@@H](O[C@H]2[C@@H](OS(=O)(=O)O)[C@H](O)[C@H](O)O[C@H]2CO)[C@@H]1O. The molecule has 0 saturated carbocycles. The first-order valence-corrected chi connectivity index (χ1v) is 11.5. The number of aliphatic hydroxyl groups excluding tert-OH is 5. The van der Waals surface area contributed by atoms with E-state index in [1.54, 1.807) is 0 Å². The van der Waals surface area contributed by atoms with Crippen molar-refractivity contribution in [3.8, 4) is 0 Å². The Morgan fingerprint density at radius 2 is 1.44 bits per heavy atom. The average molecular weight is 516 g/mol. The zero-order valence-corrected chi connectivity index (χ0v) is 17.9. The smallest absolute Gasteiger partial charge is 0.394 e. The normalized spacial score (nSPS) is 41.5. The molecule has 17 nitrogen and oxygen atoms in total. The first kappa shape index (κ1) is 27.6. The lowest BCUT2D eigenvalue weighted by molar-refractivity contribution is -0.353. The molecule has 0 spiro atoms. The molecule has 0 aromatic heterocycles. The van der Waals surface area contributed by atoms with Crippen LogP contribution in [-0.4, -0.2) is 133 Å². The fraction of sp³-hybridized carbons (Fsp3) is 1.00. The van der Waals surface area contributed by atoms with Crippen LogP contribution in [0, 0.1) is 0 Å². The molecule has 0 aliphatic carbocycles. The Kier molecular flexibility index (Phi) is 9.28. The van der Waals surface area contributed by atoms with Crippen LogP contribution in [0.5, 0.6) is 0 Å². The van der Waals surface area contributed by atoms with Crippen LogP contribution in [0.15, 0.2) is 0 Å². The van der Waals surface area contributed by atoms with Gasteiger partial charge in [-0.15, -0.1) is 0 Å². The molecular formula is C13H24O17S2. The second kappa shape index (κ2) is 10.8. The van der Waals surface area contributed by atoms with Crippen molar-refractivity contribution in [3.05, 3.63) is 0 Å². The van der Waals surface area contributed by atoms with Gasteiger partial charge in [0.2, 0.25) is 0 Å². The van der Waals surface area contributed by atoms with Crippen molar-refractivity contribution in [2.75, 3.05) is 20.3 Å². The van der Waals surface area contributed by atoms with E-state index in [9.17, 15) is 42.4 Å². The zero-order chi connectivity index (χ0) is 24.4. The Bertz CT molecular complexity index is 816. The van der Waals surface area contributed by atoms with E-state index in [1.807, 2.05) is 0 Å². The van der Waals surface area contributed by atoms with Gasteiger partial charge in [-0.25, -0.2) is 8.37 Å². The maximum Gasteiger partial charge on any atom is 0.397 e.